The number of morpholine rings is 1. The second-order valence-electron chi connectivity index (χ2n) is 5.04. The molecule has 0 aliphatic carbocycles. The fraction of sp³-hybridized carbons (Fsp3) is 0.571. The van der Waals surface area contributed by atoms with Gasteiger partial charge >= 0.3 is 6.18 Å². The van der Waals surface area contributed by atoms with Crippen LogP contribution >= 0.6 is 0 Å². The fourth-order valence-electron chi connectivity index (χ4n) is 2.21. The third-order valence-corrected chi connectivity index (χ3v) is 3.44. The fourth-order valence-corrected chi connectivity index (χ4v) is 2.21. The van der Waals surface area contributed by atoms with Gasteiger partial charge in [-0.15, -0.1) is 0 Å². The van der Waals surface area contributed by atoms with Crippen LogP contribution < -0.4 is 5.32 Å². The quantitative estimate of drug-likeness (QED) is 0.914. The molecule has 22 heavy (non-hydrogen) atoms. The van der Waals surface area contributed by atoms with Crippen LogP contribution in [0.15, 0.2) is 12.1 Å². The average molecular weight is 317 g/mol. The molecule has 0 radical (unpaired) electrons. The van der Waals surface area contributed by atoms with Crippen LogP contribution in [-0.2, 0) is 10.9 Å². The number of amides is 1. The molecule has 1 amide bonds. The number of rotatable bonds is 4. The molecule has 0 aromatic carbocycles. The summed E-state index contributed by atoms with van der Waals surface area (Å²) in [5.74, 6) is -0.410. The number of hydrogen-bond donors (Lipinski definition) is 1. The van der Waals surface area contributed by atoms with Crippen molar-refractivity contribution in [1.29, 1.82) is 0 Å². The van der Waals surface area contributed by atoms with Gasteiger partial charge in [-0.1, -0.05) is 0 Å². The first-order valence-electron chi connectivity index (χ1n) is 7.01. The van der Waals surface area contributed by atoms with Gasteiger partial charge in [0.25, 0.3) is 5.91 Å². The number of carbonyl (C=O) groups is 1. The molecule has 1 saturated heterocycles. The lowest BCUT2D eigenvalue weighted by Crippen LogP contribution is -2.41. The van der Waals surface area contributed by atoms with Crippen LogP contribution in [0.1, 0.15) is 21.7 Å². The molecule has 1 aliphatic heterocycles. The van der Waals surface area contributed by atoms with E-state index >= 15 is 0 Å². The number of ether oxygens (including phenoxy) is 1. The normalized spacial score (nSPS) is 16.5. The SMILES string of the molecule is Cc1nc(C(F)(F)F)ccc1C(=O)NCCN1CCOCC1. The molecule has 0 spiro atoms. The van der Waals surface area contributed by atoms with Crippen LogP contribution in [0.25, 0.3) is 0 Å². The number of alkyl halides is 3. The molecule has 0 saturated carbocycles. The lowest BCUT2D eigenvalue weighted by Gasteiger charge is -2.26. The number of aromatic nitrogens is 1. The standard InChI is InChI=1S/C14H18F3N3O2/c1-10-11(2-3-12(19-10)14(15,16)17)13(21)18-4-5-20-6-8-22-9-7-20/h2-3H,4-9H2,1H3,(H,18,21). The Morgan fingerprint density at radius 1 is 1.36 bits per heavy atom. The molecule has 2 rings (SSSR count). The zero-order valence-electron chi connectivity index (χ0n) is 12.2. The highest BCUT2D eigenvalue weighted by atomic mass is 19.4. The summed E-state index contributed by atoms with van der Waals surface area (Å²) in [6.45, 7) is 5.49. The van der Waals surface area contributed by atoms with Gasteiger partial charge in [-0.05, 0) is 19.1 Å². The lowest BCUT2D eigenvalue weighted by atomic mass is 10.1. The van der Waals surface area contributed by atoms with Crippen molar-refractivity contribution in [3.05, 3.63) is 29.1 Å². The monoisotopic (exact) mass is 317 g/mol. The van der Waals surface area contributed by atoms with Gasteiger partial charge in [0.15, 0.2) is 0 Å². The highest BCUT2D eigenvalue weighted by molar-refractivity contribution is 5.95. The minimum absolute atomic E-state index is 0.0682. The van der Waals surface area contributed by atoms with Crippen molar-refractivity contribution in [1.82, 2.24) is 15.2 Å². The Morgan fingerprint density at radius 3 is 2.64 bits per heavy atom. The largest absolute Gasteiger partial charge is 0.433 e. The molecule has 1 N–H and O–H groups in total. The molecule has 0 bridgehead atoms. The number of halogens is 3. The van der Waals surface area contributed by atoms with E-state index in [9.17, 15) is 18.0 Å². The van der Waals surface area contributed by atoms with Crippen molar-refractivity contribution in [3.8, 4) is 0 Å². The van der Waals surface area contributed by atoms with E-state index < -0.39 is 17.8 Å². The van der Waals surface area contributed by atoms with Crippen molar-refractivity contribution < 1.29 is 22.7 Å². The summed E-state index contributed by atoms with van der Waals surface area (Å²) in [6, 6.07) is 1.99. The molecule has 122 valence electrons. The van der Waals surface area contributed by atoms with Crippen molar-refractivity contribution in [2.24, 2.45) is 0 Å². The van der Waals surface area contributed by atoms with Crippen molar-refractivity contribution >= 4 is 5.91 Å². The smallest absolute Gasteiger partial charge is 0.379 e. The summed E-state index contributed by atoms with van der Waals surface area (Å²) in [7, 11) is 0. The first-order valence-corrected chi connectivity index (χ1v) is 7.01. The van der Waals surface area contributed by atoms with Crippen LogP contribution in [0, 0.1) is 6.92 Å². The third kappa shape index (κ3) is 4.41. The molecule has 2 heterocycles. The minimum atomic E-state index is -4.50. The van der Waals surface area contributed by atoms with E-state index in [1.165, 1.54) is 6.92 Å². The maximum atomic E-state index is 12.5. The minimum Gasteiger partial charge on any atom is -0.379 e. The van der Waals surface area contributed by atoms with Gasteiger partial charge in [-0.2, -0.15) is 13.2 Å². The highest BCUT2D eigenvalue weighted by Crippen LogP contribution is 2.28. The summed E-state index contributed by atoms with van der Waals surface area (Å²) < 4.78 is 42.8. The predicted octanol–water partition coefficient (Wildman–Crippen LogP) is 1.47. The second-order valence-corrected chi connectivity index (χ2v) is 5.04. The van der Waals surface area contributed by atoms with Gasteiger partial charge < -0.3 is 10.1 Å². The summed E-state index contributed by atoms with van der Waals surface area (Å²) in [5, 5.41) is 2.70. The van der Waals surface area contributed by atoms with E-state index in [0.29, 0.717) is 26.3 Å². The van der Waals surface area contributed by atoms with E-state index in [-0.39, 0.29) is 11.3 Å². The van der Waals surface area contributed by atoms with Crippen LogP contribution in [0.4, 0.5) is 13.2 Å². The number of nitrogens with one attached hydrogen (secondary N) is 1. The molecule has 1 aromatic heterocycles. The van der Waals surface area contributed by atoms with E-state index in [4.69, 9.17) is 4.74 Å². The zero-order chi connectivity index (χ0) is 16.2. The molecule has 1 aromatic rings. The van der Waals surface area contributed by atoms with E-state index in [1.54, 1.807) is 0 Å². The first-order chi connectivity index (χ1) is 10.4. The van der Waals surface area contributed by atoms with Crippen LogP contribution in [0.3, 0.4) is 0 Å². The molecule has 0 atom stereocenters. The first kappa shape index (κ1) is 16.7. The number of aryl methyl sites for hydroxylation is 1. The lowest BCUT2D eigenvalue weighted by molar-refractivity contribution is -0.141. The summed E-state index contributed by atoms with van der Waals surface area (Å²) >= 11 is 0. The number of pyridine rings is 1. The Hall–Kier alpha value is -1.67. The Bertz CT molecular complexity index is 529. The van der Waals surface area contributed by atoms with Crippen molar-refractivity contribution in [2.45, 2.75) is 13.1 Å². The van der Waals surface area contributed by atoms with Gasteiger partial charge in [0.1, 0.15) is 5.69 Å². The Labute approximate surface area is 126 Å². The van der Waals surface area contributed by atoms with Crippen molar-refractivity contribution in [3.63, 3.8) is 0 Å². The van der Waals surface area contributed by atoms with Gasteiger partial charge in [-0.25, -0.2) is 4.98 Å². The Morgan fingerprint density at radius 2 is 2.05 bits per heavy atom. The number of carbonyl (C=O) groups excluding carboxylic acids is 1. The molecular formula is C14H18F3N3O2. The summed E-state index contributed by atoms with van der Waals surface area (Å²) in [4.78, 5) is 17.6. The van der Waals surface area contributed by atoms with Crippen molar-refractivity contribution in [2.75, 3.05) is 39.4 Å². The van der Waals surface area contributed by atoms with E-state index in [2.05, 4.69) is 15.2 Å². The molecule has 1 fully saturated rings. The average Bonchev–Trinajstić information content (AvgIpc) is 2.47. The van der Waals surface area contributed by atoms with Crippen LogP contribution in [0.5, 0.6) is 0 Å². The van der Waals surface area contributed by atoms with Gasteiger partial charge in [0, 0.05) is 26.2 Å². The molecule has 5 nitrogen and oxygen atoms in total. The molecule has 8 heteroatoms. The van der Waals surface area contributed by atoms with E-state index in [1.807, 2.05) is 0 Å². The molecular weight excluding hydrogens is 299 g/mol. The van der Waals surface area contributed by atoms with E-state index in [0.717, 1.165) is 25.2 Å². The van der Waals surface area contributed by atoms with Gasteiger partial charge in [0.2, 0.25) is 0 Å². The molecule has 0 unspecified atom stereocenters. The topological polar surface area (TPSA) is 54.5 Å². The maximum absolute atomic E-state index is 12.5. The summed E-state index contributed by atoms with van der Waals surface area (Å²) in [5.41, 5.74) is -0.761. The number of hydrogen-bond acceptors (Lipinski definition) is 4. The highest BCUT2D eigenvalue weighted by Gasteiger charge is 2.33. The third-order valence-electron chi connectivity index (χ3n) is 3.44. The Balaban J connectivity index is 1.89. The summed E-state index contributed by atoms with van der Waals surface area (Å²) in [6.07, 6.45) is -4.50. The molecule has 1 aliphatic rings. The second kappa shape index (κ2) is 7.06. The Kier molecular flexibility index (Phi) is 5.36. The van der Waals surface area contributed by atoms with Crippen LogP contribution in [0.2, 0.25) is 0 Å². The maximum Gasteiger partial charge on any atom is 0.433 e. The van der Waals surface area contributed by atoms with Gasteiger partial charge in [-0.3, -0.25) is 9.69 Å². The van der Waals surface area contributed by atoms with Gasteiger partial charge in [0.05, 0.1) is 24.5 Å². The zero-order valence-corrected chi connectivity index (χ0v) is 12.2. The predicted molar refractivity (Wildman–Crippen MR) is 73.6 cm³/mol. The number of nitrogens with zero attached hydrogens (tertiary/aromatic N) is 2. The van der Waals surface area contributed by atoms with Crippen LogP contribution in [-0.4, -0.2) is 55.2 Å².